The van der Waals surface area contributed by atoms with E-state index in [0.29, 0.717) is 24.2 Å². The quantitative estimate of drug-likeness (QED) is 0.533. The zero-order valence-corrected chi connectivity index (χ0v) is 19.8. The van der Waals surface area contributed by atoms with Crippen LogP contribution < -0.4 is 5.32 Å². The van der Waals surface area contributed by atoms with Crippen LogP contribution in [-0.4, -0.2) is 43.0 Å². The van der Waals surface area contributed by atoms with E-state index in [9.17, 15) is 18.0 Å². The van der Waals surface area contributed by atoms with E-state index in [0.717, 1.165) is 24.1 Å². The third-order valence-electron chi connectivity index (χ3n) is 5.83. The Bertz CT molecular complexity index is 1260. The zero-order valence-electron chi connectivity index (χ0n) is 19.0. The lowest BCUT2D eigenvalue weighted by Gasteiger charge is -2.17. The maximum atomic E-state index is 12.9. The lowest BCUT2D eigenvalue weighted by Crippen LogP contribution is -2.26. The average Bonchev–Trinajstić information content (AvgIpc) is 3.24. The van der Waals surface area contributed by atoms with Gasteiger partial charge in [-0.25, -0.2) is 8.42 Å². The molecule has 0 saturated carbocycles. The largest absolute Gasteiger partial charge is 0.338 e. The summed E-state index contributed by atoms with van der Waals surface area (Å²) in [6.45, 7) is 1.59. The highest BCUT2D eigenvalue weighted by Crippen LogP contribution is 2.20. The van der Waals surface area contributed by atoms with Crippen LogP contribution in [0.15, 0.2) is 83.8 Å². The lowest BCUT2D eigenvalue weighted by molar-refractivity contribution is -0.128. The number of carbonyl (C=O) groups is 2. The van der Waals surface area contributed by atoms with Crippen molar-refractivity contribution in [2.24, 2.45) is 0 Å². The number of nitrogens with zero attached hydrogens (tertiary/aromatic N) is 2. The van der Waals surface area contributed by atoms with Crippen molar-refractivity contribution in [3.8, 4) is 0 Å². The van der Waals surface area contributed by atoms with Crippen LogP contribution in [0.25, 0.3) is 0 Å². The average molecular weight is 478 g/mol. The van der Waals surface area contributed by atoms with E-state index < -0.39 is 10.0 Å². The van der Waals surface area contributed by atoms with Crippen molar-refractivity contribution in [2.75, 3.05) is 18.9 Å². The second-order valence-corrected chi connectivity index (χ2v) is 10.4. The topological polar surface area (TPSA) is 86.8 Å². The van der Waals surface area contributed by atoms with Gasteiger partial charge in [-0.15, -0.1) is 0 Å². The molecular weight excluding hydrogens is 450 g/mol. The van der Waals surface area contributed by atoms with Crippen LogP contribution in [0.3, 0.4) is 0 Å². The number of anilines is 1. The minimum atomic E-state index is -3.66. The number of hydrogen-bond donors (Lipinski definition) is 1. The Labute approximate surface area is 200 Å². The number of carbonyl (C=O) groups excluding carboxylic acids is 2. The van der Waals surface area contributed by atoms with Crippen LogP contribution in [-0.2, 0) is 27.9 Å². The summed E-state index contributed by atoms with van der Waals surface area (Å²) in [5.74, 6) is -0.126. The lowest BCUT2D eigenvalue weighted by atomic mass is 10.1. The van der Waals surface area contributed by atoms with E-state index in [4.69, 9.17) is 0 Å². The van der Waals surface area contributed by atoms with E-state index in [1.807, 2.05) is 47.4 Å². The molecule has 3 aromatic rings. The highest BCUT2D eigenvalue weighted by atomic mass is 32.2. The molecule has 0 radical (unpaired) electrons. The number of rotatable bonds is 8. The third kappa shape index (κ3) is 5.52. The van der Waals surface area contributed by atoms with Gasteiger partial charge >= 0.3 is 0 Å². The summed E-state index contributed by atoms with van der Waals surface area (Å²) in [6, 6.07) is 22.7. The second kappa shape index (κ2) is 10.2. The molecule has 0 spiro atoms. The Morgan fingerprint density at radius 2 is 1.62 bits per heavy atom. The van der Waals surface area contributed by atoms with Gasteiger partial charge in [-0.2, -0.15) is 4.31 Å². The van der Waals surface area contributed by atoms with Gasteiger partial charge in [0.05, 0.1) is 4.90 Å². The molecule has 8 heteroatoms. The highest BCUT2D eigenvalue weighted by molar-refractivity contribution is 7.89. The molecule has 0 aromatic heterocycles. The van der Waals surface area contributed by atoms with Crippen molar-refractivity contribution in [3.05, 3.63) is 95.6 Å². The minimum absolute atomic E-state index is 0.157. The Morgan fingerprint density at radius 3 is 2.24 bits per heavy atom. The summed E-state index contributed by atoms with van der Waals surface area (Å²) in [4.78, 5) is 26.4. The normalized spacial score (nSPS) is 13.9. The molecule has 4 rings (SSSR count). The maximum absolute atomic E-state index is 12.9. The van der Waals surface area contributed by atoms with E-state index >= 15 is 0 Å². The van der Waals surface area contributed by atoms with Gasteiger partial charge in [0.15, 0.2) is 0 Å². The first-order valence-corrected chi connectivity index (χ1v) is 12.6. The molecule has 1 N–H and O–H groups in total. The van der Waals surface area contributed by atoms with E-state index in [1.54, 1.807) is 31.3 Å². The zero-order chi connectivity index (χ0) is 24.1. The van der Waals surface area contributed by atoms with Crippen molar-refractivity contribution in [2.45, 2.75) is 30.8 Å². The van der Waals surface area contributed by atoms with Crippen LogP contribution >= 0.6 is 0 Å². The summed E-state index contributed by atoms with van der Waals surface area (Å²) >= 11 is 0. The molecule has 0 unspecified atom stereocenters. The molecule has 1 saturated heterocycles. The SMILES string of the molecule is CN(Cc1ccccc1)S(=O)(=O)c1ccc(NC(=O)c2ccc(CN3CCCC3=O)cc2)cc1. The predicted molar refractivity (Wildman–Crippen MR) is 131 cm³/mol. The fraction of sp³-hybridized carbons (Fsp3) is 0.231. The standard InChI is InChI=1S/C26H27N3O4S/c1-28(18-20-6-3-2-4-7-20)34(32,33)24-15-13-23(14-16-24)27-26(31)22-11-9-21(10-12-22)19-29-17-5-8-25(29)30/h2-4,6-7,9-16H,5,8,17-19H2,1H3,(H,27,31). The molecule has 0 atom stereocenters. The third-order valence-corrected chi connectivity index (χ3v) is 7.65. The number of sulfonamides is 1. The van der Waals surface area contributed by atoms with Crippen molar-refractivity contribution >= 4 is 27.5 Å². The van der Waals surface area contributed by atoms with Crippen molar-refractivity contribution in [3.63, 3.8) is 0 Å². The highest BCUT2D eigenvalue weighted by Gasteiger charge is 2.21. The number of likely N-dealkylation sites (tertiary alicyclic amines) is 1. The fourth-order valence-electron chi connectivity index (χ4n) is 3.87. The van der Waals surface area contributed by atoms with Crippen molar-refractivity contribution in [1.82, 2.24) is 9.21 Å². The van der Waals surface area contributed by atoms with Gasteiger partial charge in [-0.3, -0.25) is 9.59 Å². The monoisotopic (exact) mass is 477 g/mol. The van der Waals surface area contributed by atoms with Gasteiger partial charge in [-0.1, -0.05) is 42.5 Å². The molecule has 176 valence electrons. The number of hydrogen-bond acceptors (Lipinski definition) is 4. The summed E-state index contributed by atoms with van der Waals surface area (Å²) < 4.78 is 27.1. The number of amides is 2. The summed E-state index contributed by atoms with van der Waals surface area (Å²) in [7, 11) is -2.12. The van der Waals surface area contributed by atoms with Crippen LogP contribution in [0, 0.1) is 0 Å². The molecule has 1 aliphatic rings. The van der Waals surface area contributed by atoms with Crippen LogP contribution in [0.2, 0.25) is 0 Å². The van der Waals surface area contributed by atoms with Crippen LogP contribution in [0.5, 0.6) is 0 Å². The number of nitrogens with one attached hydrogen (secondary N) is 1. The van der Waals surface area contributed by atoms with Gasteiger partial charge < -0.3 is 10.2 Å². The molecule has 2 amide bonds. The Morgan fingerprint density at radius 1 is 0.941 bits per heavy atom. The second-order valence-electron chi connectivity index (χ2n) is 8.34. The summed E-state index contributed by atoms with van der Waals surface area (Å²) in [5, 5.41) is 2.79. The molecule has 3 aromatic carbocycles. The van der Waals surface area contributed by atoms with Crippen LogP contribution in [0.4, 0.5) is 5.69 Å². The van der Waals surface area contributed by atoms with Crippen molar-refractivity contribution < 1.29 is 18.0 Å². The Hall–Kier alpha value is -3.49. The van der Waals surface area contributed by atoms with Gasteiger partial charge in [0.25, 0.3) is 5.91 Å². The molecular formula is C26H27N3O4S. The molecule has 7 nitrogen and oxygen atoms in total. The van der Waals surface area contributed by atoms with E-state index in [-0.39, 0.29) is 23.3 Å². The van der Waals surface area contributed by atoms with Gasteiger partial charge in [0.2, 0.25) is 15.9 Å². The molecule has 1 aliphatic heterocycles. The smallest absolute Gasteiger partial charge is 0.255 e. The predicted octanol–water partition coefficient (Wildman–Crippen LogP) is 3.88. The first kappa shape index (κ1) is 23.7. The first-order valence-electron chi connectivity index (χ1n) is 11.1. The summed E-state index contributed by atoms with van der Waals surface area (Å²) in [6.07, 6.45) is 1.49. The first-order chi connectivity index (χ1) is 16.3. The maximum Gasteiger partial charge on any atom is 0.255 e. The molecule has 0 bridgehead atoms. The molecule has 0 aliphatic carbocycles. The molecule has 34 heavy (non-hydrogen) atoms. The Kier molecular flexibility index (Phi) is 7.09. The fourth-order valence-corrected chi connectivity index (χ4v) is 5.03. The van der Waals surface area contributed by atoms with Crippen molar-refractivity contribution in [1.29, 1.82) is 0 Å². The van der Waals surface area contributed by atoms with Gasteiger partial charge in [0, 0.05) is 44.4 Å². The molecule has 1 fully saturated rings. The van der Waals surface area contributed by atoms with E-state index in [1.165, 1.54) is 16.4 Å². The summed E-state index contributed by atoms with van der Waals surface area (Å²) in [5.41, 5.74) is 2.86. The van der Waals surface area contributed by atoms with Gasteiger partial charge in [-0.05, 0) is 53.9 Å². The minimum Gasteiger partial charge on any atom is -0.338 e. The van der Waals surface area contributed by atoms with E-state index in [2.05, 4.69) is 5.32 Å². The Balaban J connectivity index is 1.37. The van der Waals surface area contributed by atoms with Crippen LogP contribution in [0.1, 0.15) is 34.3 Å². The molecule has 1 heterocycles. The van der Waals surface area contributed by atoms with Gasteiger partial charge in [0.1, 0.15) is 0 Å². The number of benzene rings is 3.